The van der Waals surface area contributed by atoms with Gasteiger partial charge in [0.25, 0.3) is 0 Å². The van der Waals surface area contributed by atoms with E-state index < -0.39 is 6.04 Å². The van der Waals surface area contributed by atoms with Crippen LogP contribution in [0.5, 0.6) is 0 Å². The third-order valence-corrected chi connectivity index (χ3v) is 12.1. The van der Waals surface area contributed by atoms with E-state index >= 15 is 0 Å². The predicted molar refractivity (Wildman–Crippen MR) is 168 cm³/mol. The van der Waals surface area contributed by atoms with E-state index in [-0.39, 0.29) is 28.8 Å². The molecule has 1 aromatic carbocycles. The lowest BCUT2D eigenvalue weighted by atomic mass is 9.45. The molecular formula is C34H48Cl2N2O4. The van der Waals surface area contributed by atoms with Crippen LogP contribution in [-0.2, 0) is 25.5 Å². The smallest absolute Gasteiger partial charge is 0.329 e. The summed E-state index contributed by atoms with van der Waals surface area (Å²) in [5.74, 6) is 3.29. The first-order valence-corrected chi connectivity index (χ1v) is 17.1. The van der Waals surface area contributed by atoms with E-state index in [0.717, 1.165) is 62.6 Å². The maximum absolute atomic E-state index is 13.6. The molecule has 6 nitrogen and oxygen atoms in total. The monoisotopic (exact) mass is 618 g/mol. The topological polar surface area (TPSA) is 75.7 Å². The first-order chi connectivity index (χ1) is 20.1. The van der Waals surface area contributed by atoms with Crippen molar-refractivity contribution in [3.63, 3.8) is 0 Å². The van der Waals surface area contributed by atoms with E-state index in [0.29, 0.717) is 60.7 Å². The Morgan fingerprint density at radius 1 is 0.976 bits per heavy atom. The number of ketones is 1. The Hall–Kier alpha value is -1.79. The third kappa shape index (κ3) is 6.22. The van der Waals surface area contributed by atoms with Gasteiger partial charge in [0.15, 0.2) is 0 Å². The summed E-state index contributed by atoms with van der Waals surface area (Å²) in [5, 5.41) is 2.86. The Kier molecular flexibility index (Phi) is 9.83. The summed E-state index contributed by atoms with van der Waals surface area (Å²) in [5.41, 5.74) is 2.21. The number of carbonyl (C=O) groups excluding carboxylic acids is 3. The fourth-order valence-electron chi connectivity index (χ4n) is 9.50. The van der Waals surface area contributed by atoms with Gasteiger partial charge >= 0.3 is 5.97 Å². The van der Waals surface area contributed by atoms with Crippen molar-refractivity contribution in [2.24, 2.45) is 34.5 Å². The summed E-state index contributed by atoms with van der Waals surface area (Å²) in [6.45, 7) is 7.67. The van der Waals surface area contributed by atoms with E-state index in [9.17, 15) is 14.4 Å². The van der Waals surface area contributed by atoms with Crippen molar-refractivity contribution < 1.29 is 19.1 Å². The number of esters is 1. The summed E-state index contributed by atoms with van der Waals surface area (Å²) >= 11 is 11.9. The Morgan fingerprint density at radius 3 is 2.33 bits per heavy atom. The highest BCUT2D eigenvalue weighted by atomic mass is 35.5. The number of nitrogens with one attached hydrogen (secondary N) is 1. The number of nitrogens with zero attached hydrogens (tertiary/aromatic N) is 1. The number of halogens is 2. The number of Topliss-reactive ketones (excluding diaryl/α,β-unsaturated/α-hetero) is 1. The fraction of sp³-hybridized carbons (Fsp3) is 0.735. The first-order valence-electron chi connectivity index (χ1n) is 16.0. The van der Waals surface area contributed by atoms with Crippen LogP contribution in [0.3, 0.4) is 0 Å². The zero-order chi connectivity index (χ0) is 30.1. The molecule has 4 fully saturated rings. The van der Waals surface area contributed by atoms with Gasteiger partial charge in [-0.15, -0.1) is 23.2 Å². The van der Waals surface area contributed by atoms with Crippen LogP contribution in [0.25, 0.3) is 0 Å². The predicted octanol–water partition coefficient (Wildman–Crippen LogP) is 6.54. The second-order valence-corrected chi connectivity index (χ2v) is 14.7. The van der Waals surface area contributed by atoms with E-state index in [4.69, 9.17) is 27.9 Å². The minimum atomic E-state index is -0.733. The summed E-state index contributed by atoms with van der Waals surface area (Å²) in [7, 11) is 0. The largest absolute Gasteiger partial charge is 0.460 e. The highest BCUT2D eigenvalue weighted by molar-refractivity contribution is 6.18. The molecule has 232 valence electrons. The number of alkyl halides is 2. The van der Waals surface area contributed by atoms with Crippen LogP contribution in [0, 0.1) is 34.5 Å². The van der Waals surface area contributed by atoms with Crippen molar-refractivity contribution in [2.45, 2.75) is 97.1 Å². The second kappa shape index (κ2) is 13.1. The minimum Gasteiger partial charge on any atom is -0.460 e. The molecular weight excluding hydrogens is 571 g/mol. The lowest BCUT2D eigenvalue weighted by Crippen LogP contribution is -2.54. The van der Waals surface area contributed by atoms with Crippen molar-refractivity contribution in [3.05, 3.63) is 29.8 Å². The van der Waals surface area contributed by atoms with Gasteiger partial charge in [-0.3, -0.25) is 9.59 Å². The molecule has 0 saturated heterocycles. The summed E-state index contributed by atoms with van der Waals surface area (Å²) in [6.07, 6.45) is 9.31. The van der Waals surface area contributed by atoms with Crippen molar-refractivity contribution in [1.82, 2.24) is 5.32 Å². The van der Waals surface area contributed by atoms with Gasteiger partial charge in [0.05, 0.1) is 0 Å². The molecule has 0 aliphatic heterocycles. The maximum atomic E-state index is 13.6. The SMILES string of the molecule is CC(=O)N[C@@H](Cc1ccc(N(CCCl)CCCl)cc1)C(=O)O[C@@H]1CC[C@H]2[C@@H]3CC[C@@H]4CC(=O)CC[C@]4(C)[C@H]3CC[C@]12C. The Balaban J connectivity index is 1.26. The Morgan fingerprint density at radius 2 is 1.67 bits per heavy atom. The molecule has 0 spiro atoms. The van der Waals surface area contributed by atoms with Gasteiger partial charge in [-0.1, -0.05) is 26.0 Å². The number of hydrogen-bond donors (Lipinski definition) is 1. The quantitative estimate of drug-likeness (QED) is 0.238. The molecule has 4 saturated carbocycles. The molecule has 1 amide bonds. The first kappa shape index (κ1) is 31.6. The van der Waals surface area contributed by atoms with E-state index in [1.807, 2.05) is 24.3 Å². The Bertz CT molecular complexity index is 1140. The molecule has 42 heavy (non-hydrogen) atoms. The summed E-state index contributed by atoms with van der Waals surface area (Å²) in [4.78, 5) is 40.1. The maximum Gasteiger partial charge on any atom is 0.329 e. The zero-order valence-electron chi connectivity index (χ0n) is 25.5. The van der Waals surface area contributed by atoms with Crippen LogP contribution >= 0.6 is 23.2 Å². The van der Waals surface area contributed by atoms with E-state index in [1.165, 1.54) is 13.3 Å². The fourth-order valence-corrected chi connectivity index (χ4v) is 9.91. The van der Waals surface area contributed by atoms with Gasteiger partial charge in [0, 0.05) is 62.1 Å². The Labute approximate surface area is 261 Å². The van der Waals surface area contributed by atoms with Crippen LogP contribution in [-0.4, -0.2) is 54.7 Å². The number of amides is 1. The molecule has 1 N–H and O–H groups in total. The standard InChI is InChI=1S/C34H48Cl2N2O4/c1-22(39)37-30(20-23-4-7-25(8-5-23)38(18-16-35)19-17-36)32(41)42-31-11-10-28-27-9-6-24-21-26(40)12-14-33(24,2)29(27)13-15-34(28,31)3/h4-5,7-8,24,27-31H,6,9-21H2,1-3H3,(H,37,39)/t24-,27+,28+,29+,30+,31-,33+,34+/m1/s1. The normalized spacial score (nSPS) is 34.5. The second-order valence-electron chi connectivity index (χ2n) is 13.9. The van der Waals surface area contributed by atoms with Gasteiger partial charge in [-0.2, -0.15) is 0 Å². The lowest BCUT2D eigenvalue weighted by molar-refractivity contribution is -0.167. The van der Waals surface area contributed by atoms with Crippen molar-refractivity contribution >= 4 is 46.5 Å². The lowest BCUT2D eigenvalue weighted by Gasteiger charge is -2.60. The van der Waals surface area contributed by atoms with Crippen LogP contribution in [0.15, 0.2) is 24.3 Å². The molecule has 0 bridgehead atoms. The third-order valence-electron chi connectivity index (χ3n) is 11.8. The number of anilines is 1. The highest BCUT2D eigenvalue weighted by Gasteiger charge is 2.61. The highest BCUT2D eigenvalue weighted by Crippen LogP contribution is 2.66. The van der Waals surface area contributed by atoms with Gasteiger partial charge in [0.1, 0.15) is 17.9 Å². The van der Waals surface area contributed by atoms with Crippen molar-refractivity contribution in [1.29, 1.82) is 0 Å². The van der Waals surface area contributed by atoms with E-state index in [1.54, 1.807) is 0 Å². The molecule has 4 aliphatic carbocycles. The number of benzene rings is 1. The molecule has 8 heteroatoms. The minimum absolute atomic E-state index is 0.0404. The molecule has 8 atom stereocenters. The van der Waals surface area contributed by atoms with Gasteiger partial charge in [-0.05, 0) is 91.7 Å². The summed E-state index contributed by atoms with van der Waals surface area (Å²) < 4.78 is 6.33. The van der Waals surface area contributed by atoms with Gasteiger partial charge in [-0.25, -0.2) is 4.79 Å². The van der Waals surface area contributed by atoms with Crippen LogP contribution < -0.4 is 10.2 Å². The molecule has 0 aromatic heterocycles. The molecule has 0 unspecified atom stereocenters. The van der Waals surface area contributed by atoms with Crippen LogP contribution in [0.4, 0.5) is 5.69 Å². The van der Waals surface area contributed by atoms with Crippen LogP contribution in [0.2, 0.25) is 0 Å². The molecule has 4 aliphatic rings. The van der Waals surface area contributed by atoms with Crippen molar-refractivity contribution in [2.75, 3.05) is 29.7 Å². The summed E-state index contributed by atoms with van der Waals surface area (Å²) in [6, 6.07) is 7.29. The molecule has 0 radical (unpaired) electrons. The molecule has 0 heterocycles. The molecule has 1 aromatic rings. The zero-order valence-corrected chi connectivity index (χ0v) is 27.0. The van der Waals surface area contributed by atoms with Crippen LogP contribution in [0.1, 0.15) is 84.1 Å². The number of carbonyl (C=O) groups is 3. The number of fused-ring (bicyclic) bond motifs is 5. The number of ether oxygens (including phenoxy) is 1. The van der Waals surface area contributed by atoms with Gasteiger partial charge in [0.2, 0.25) is 5.91 Å². The van der Waals surface area contributed by atoms with E-state index in [2.05, 4.69) is 24.1 Å². The van der Waals surface area contributed by atoms with Crippen molar-refractivity contribution in [3.8, 4) is 0 Å². The molecule has 5 rings (SSSR count). The number of hydrogen-bond acceptors (Lipinski definition) is 5. The average molecular weight is 620 g/mol. The van der Waals surface area contributed by atoms with Gasteiger partial charge < -0.3 is 15.0 Å². The average Bonchev–Trinajstić information content (AvgIpc) is 3.29. The number of rotatable bonds is 10.